The summed E-state index contributed by atoms with van der Waals surface area (Å²) in [7, 11) is 4.06. The maximum atomic E-state index is 13.0. The summed E-state index contributed by atoms with van der Waals surface area (Å²) in [5.74, 6) is 0.723. The summed E-state index contributed by atoms with van der Waals surface area (Å²) in [6, 6.07) is 2.00. The fraction of sp³-hybridized carbons (Fsp3) is 0.611. The van der Waals surface area contributed by atoms with Crippen LogP contribution in [0.3, 0.4) is 0 Å². The number of amides is 1. The first-order chi connectivity index (χ1) is 12.5. The first kappa shape index (κ1) is 17.2. The van der Waals surface area contributed by atoms with Crippen molar-refractivity contribution in [3.8, 4) is 0 Å². The largest absolute Gasteiger partial charge is 0.340 e. The Morgan fingerprint density at radius 3 is 2.88 bits per heavy atom. The minimum absolute atomic E-state index is 0.0420. The summed E-state index contributed by atoms with van der Waals surface area (Å²) in [5.41, 5.74) is 2.14. The lowest BCUT2D eigenvalue weighted by atomic mass is 9.92. The van der Waals surface area contributed by atoms with E-state index in [4.69, 9.17) is 0 Å². The van der Waals surface area contributed by atoms with Crippen LogP contribution < -0.4 is 5.32 Å². The summed E-state index contributed by atoms with van der Waals surface area (Å²) in [4.78, 5) is 22.1. The number of aryl methyl sites for hydroxylation is 1. The Hall–Kier alpha value is -2.19. The molecule has 8 nitrogen and oxygen atoms in total. The van der Waals surface area contributed by atoms with Crippen LogP contribution in [-0.2, 0) is 24.9 Å². The Kier molecular flexibility index (Phi) is 4.54. The van der Waals surface area contributed by atoms with Crippen LogP contribution in [-0.4, -0.2) is 68.3 Å². The molecule has 0 saturated carbocycles. The van der Waals surface area contributed by atoms with Crippen LogP contribution in [0.2, 0.25) is 0 Å². The van der Waals surface area contributed by atoms with Gasteiger partial charge in [-0.2, -0.15) is 5.10 Å². The quantitative estimate of drug-likeness (QED) is 0.874. The van der Waals surface area contributed by atoms with Crippen LogP contribution in [0.5, 0.6) is 0 Å². The van der Waals surface area contributed by atoms with Gasteiger partial charge in [-0.3, -0.25) is 14.4 Å². The number of carbonyl (C=O) groups excluding carboxylic acids is 1. The van der Waals surface area contributed by atoms with E-state index >= 15 is 0 Å². The number of aromatic nitrogens is 4. The Morgan fingerprint density at radius 2 is 2.15 bits per heavy atom. The van der Waals surface area contributed by atoms with Gasteiger partial charge in [0.05, 0.1) is 30.2 Å². The van der Waals surface area contributed by atoms with Crippen molar-refractivity contribution in [1.82, 2.24) is 29.1 Å². The summed E-state index contributed by atoms with van der Waals surface area (Å²) in [6.07, 6.45) is 3.83. The molecule has 1 amide bonds. The topological polar surface area (TPSA) is 71.2 Å². The van der Waals surface area contributed by atoms with Crippen molar-refractivity contribution in [3.63, 3.8) is 0 Å². The second kappa shape index (κ2) is 6.85. The Morgan fingerprint density at radius 1 is 1.31 bits per heavy atom. The van der Waals surface area contributed by atoms with E-state index in [-0.39, 0.29) is 17.7 Å². The van der Waals surface area contributed by atoms with Crippen molar-refractivity contribution in [2.75, 3.05) is 38.5 Å². The highest BCUT2D eigenvalue weighted by molar-refractivity contribution is 5.92. The number of hydrogen-bond acceptors (Lipinski definition) is 5. The van der Waals surface area contributed by atoms with Gasteiger partial charge in [-0.25, -0.2) is 4.98 Å². The predicted octanol–water partition coefficient (Wildman–Crippen LogP) is 0.736. The molecule has 8 heteroatoms. The molecule has 0 aliphatic carbocycles. The molecule has 1 saturated heterocycles. The molecule has 2 aromatic heterocycles. The van der Waals surface area contributed by atoms with Gasteiger partial charge < -0.3 is 14.8 Å². The van der Waals surface area contributed by atoms with Gasteiger partial charge in [0.15, 0.2) is 5.82 Å². The molecule has 4 heterocycles. The van der Waals surface area contributed by atoms with E-state index in [2.05, 4.69) is 39.2 Å². The molecule has 2 atom stereocenters. The lowest BCUT2D eigenvalue weighted by molar-refractivity contribution is -0.119. The van der Waals surface area contributed by atoms with Crippen LogP contribution in [0.1, 0.15) is 24.2 Å². The summed E-state index contributed by atoms with van der Waals surface area (Å²) in [6.45, 7) is 7.43. The molecule has 0 radical (unpaired) electrons. The molecule has 0 aromatic carbocycles. The zero-order valence-electron chi connectivity index (χ0n) is 15.7. The highest BCUT2D eigenvalue weighted by Gasteiger charge is 2.39. The van der Waals surface area contributed by atoms with Crippen molar-refractivity contribution in [2.24, 2.45) is 13.0 Å². The average molecular weight is 357 g/mol. The standard InChI is InChI=1S/C18H27N7O/c1-4-24-9-14(16-11-23(3)12-19-16)15(10-24)18(26)20-17-7-13-8-22(2)5-6-25(13)21-17/h7,11-12,14-15H,4-6,8-10H2,1-3H3,(H,20,21,26)/t14-,15-/m1/s1. The third-order valence-electron chi connectivity index (χ3n) is 5.52. The molecular formula is C18H27N7O. The van der Waals surface area contributed by atoms with Gasteiger partial charge in [0.1, 0.15) is 0 Å². The maximum Gasteiger partial charge on any atom is 0.230 e. The SMILES string of the molecule is CCN1C[C@@H](C(=O)Nc2cc3n(n2)CCN(C)C3)[C@H](c2cn(C)cn2)C1. The van der Waals surface area contributed by atoms with Gasteiger partial charge in [0, 0.05) is 51.4 Å². The van der Waals surface area contributed by atoms with E-state index in [0.717, 1.165) is 50.7 Å². The monoisotopic (exact) mass is 357 g/mol. The highest BCUT2D eigenvalue weighted by Crippen LogP contribution is 2.32. The van der Waals surface area contributed by atoms with Gasteiger partial charge in [-0.1, -0.05) is 6.92 Å². The molecule has 2 aliphatic heterocycles. The molecular weight excluding hydrogens is 330 g/mol. The van der Waals surface area contributed by atoms with E-state index in [1.165, 1.54) is 0 Å². The number of hydrogen-bond donors (Lipinski definition) is 1. The lowest BCUT2D eigenvalue weighted by Gasteiger charge is -2.22. The number of likely N-dealkylation sites (N-methyl/N-ethyl adjacent to an activating group) is 2. The molecule has 0 unspecified atom stereocenters. The van der Waals surface area contributed by atoms with Crippen molar-refractivity contribution in [2.45, 2.75) is 25.9 Å². The molecule has 0 spiro atoms. The van der Waals surface area contributed by atoms with Gasteiger partial charge in [0.25, 0.3) is 0 Å². The normalized spacial score (nSPS) is 24.0. The third-order valence-corrected chi connectivity index (χ3v) is 5.52. The molecule has 26 heavy (non-hydrogen) atoms. The molecule has 0 bridgehead atoms. The van der Waals surface area contributed by atoms with E-state index < -0.39 is 0 Å². The summed E-state index contributed by atoms with van der Waals surface area (Å²) in [5, 5.41) is 7.62. The van der Waals surface area contributed by atoms with Crippen LogP contribution in [0.25, 0.3) is 0 Å². The maximum absolute atomic E-state index is 13.0. The fourth-order valence-electron chi connectivity index (χ4n) is 4.01. The number of anilines is 1. The Bertz CT molecular complexity index is 795. The summed E-state index contributed by atoms with van der Waals surface area (Å²) >= 11 is 0. The first-order valence-corrected chi connectivity index (χ1v) is 9.30. The van der Waals surface area contributed by atoms with Crippen molar-refractivity contribution in [3.05, 3.63) is 30.0 Å². The molecule has 2 aromatic rings. The number of fused-ring (bicyclic) bond motifs is 1. The van der Waals surface area contributed by atoms with E-state index in [1.807, 2.05) is 28.6 Å². The number of rotatable bonds is 4. The van der Waals surface area contributed by atoms with Crippen LogP contribution >= 0.6 is 0 Å². The second-order valence-electron chi connectivity index (χ2n) is 7.50. The van der Waals surface area contributed by atoms with Gasteiger partial charge >= 0.3 is 0 Å². The molecule has 1 N–H and O–H groups in total. The van der Waals surface area contributed by atoms with Crippen LogP contribution in [0.15, 0.2) is 18.6 Å². The van der Waals surface area contributed by atoms with Crippen molar-refractivity contribution < 1.29 is 4.79 Å². The minimum atomic E-state index is -0.105. The zero-order chi connectivity index (χ0) is 18.3. The lowest BCUT2D eigenvalue weighted by Crippen LogP contribution is -2.30. The smallest absolute Gasteiger partial charge is 0.230 e. The predicted molar refractivity (Wildman–Crippen MR) is 98.7 cm³/mol. The van der Waals surface area contributed by atoms with Crippen LogP contribution in [0.4, 0.5) is 5.82 Å². The van der Waals surface area contributed by atoms with E-state index in [0.29, 0.717) is 5.82 Å². The molecule has 4 rings (SSSR count). The van der Waals surface area contributed by atoms with Gasteiger partial charge in [0.2, 0.25) is 5.91 Å². The van der Waals surface area contributed by atoms with Crippen LogP contribution in [0, 0.1) is 5.92 Å². The number of imidazole rings is 1. The Balaban J connectivity index is 1.51. The molecule has 1 fully saturated rings. The first-order valence-electron chi connectivity index (χ1n) is 9.30. The Labute approximate surface area is 153 Å². The zero-order valence-corrected chi connectivity index (χ0v) is 15.7. The third kappa shape index (κ3) is 3.26. The van der Waals surface area contributed by atoms with E-state index in [1.54, 1.807) is 6.33 Å². The average Bonchev–Trinajstić information content (AvgIpc) is 3.31. The molecule has 2 aliphatic rings. The number of nitrogens with one attached hydrogen (secondary N) is 1. The summed E-state index contributed by atoms with van der Waals surface area (Å²) < 4.78 is 3.94. The highest BCUT2D eigenvalue weighted by atomic mass is 16.2. The van der Waals surface area contributed by atoms with Gasteiger partial charge in [-0.05, 0) is 13.6 Å². The second-order valence-corrected chi connectivity index (χ2v) is 7.50. The van der Waals surface area contributed by atoms with E-state index in [9.17, 15) is 4.79 Å². The van der Waals surface area contributed by atoms with Crippen molar-refractivity contribution in [1.29, 1.82) is 0 Å². The molecule has 140 valence electrons. The number of carbonyl (C=O) groups is 1. The number of likely N-dealkylation sites (tertiary alicyclic amines) is 1. The number of nitrogens with zero attached hydrogens (tertiary/aromatic N) is 6. The van der Waals surface area contributed by atoms with Crippen molar-refractivity contribution >= 4 is 11.7 Å². The van der Waals surface area contributed by atoms with Gasteiger partial charge in [-0.15, -0.1) is 0 Å². The fourth-order valence-corrected chi connectivity index (χ4v) is 4.01. The minimum Gasteiger partial charge on any atom is -0.340 e.